The third kappa shape index (κ3) is 3.63. The molecule has 0 aliphatic carbocycles. The van der Waals surface area contributed by atoms with Crippen LogP contribution in [0.15, 0.2) is 48.5 Å². The number of hydrogen-bond acceptors (Lipinski definition) is 5. The largest absolute Gasteiger partial charge is 0.504 e. The van der Waals surface area contributed by atoms with E-state index in [9.17, 15) is 14.7 Å². The number of carbonyl (C=O) groups excluding carboxylic acids is 2. The SMILES string of the molecule is COc1cc(/C=C/C(=O)c2cccc(N3CCOC3=O)c2)ccc1O. The predicted octanol–water partition coefficient (Wildman–Crippen LogP) is 3.25. The van der Waals surface area contributed by atoms with Gasteiger partial charge in [0.05, 0.1) is 13.7 Å². The smallest absolute Gasteiger partial charge is 0.414 e. The van der Waals surface area contributed by atoms with E-state index >= 15 is 0 Å². The Kier molecular flexibility index (Phi) is 4.70. The summed E-state index contributed by atoms with van der Waals surface area (Å²) < 4.78 is 9.95. The lowest BCUT2D eigenvalue weighted by atomic mass is 10.1. The second-order valence-corrected chi connectivity index (χ2v) is 5.45. The summed E-state index contributed by atoms with van der Waals surface area (Å²) in [6.45, 7) is 0.819. The average Bonchev–Trinajstić information content (AvgIpc) is 3.07. The summed E-state index contributed by atoms with van der Waals surface area (Å²) in [5.41, 5.74) is 1.83. The van der Waals surface area contributed by atoms with Crippen molar-refractivity contribution in [2.45, 2.75) is 0 Å². The van der Waals surface area contributed by atoms with E-state index in [1.165, 1.54) is 24.2 Å². The van der Waals surface area contributed by atoms with Gasteiger partial charge in [0, 0.05) is 11.3 Å². The first-order valence-corrected chi connectivity index (χ1v) is 7.72. The number of cyclic esters (lactones) is 1. The molecule has 1 fully saturated rings. The van der Waals surface area contributed by atoms with Crippen LogP contribution in [-0.4, -0.2) is 37.2 Å². The Labute approximate surface area is 144 Å². The maximum Gasteiger partial charge on any atom is 0.414 e. The molecule has 2 aromatic rings. The summed E-state index contributed by atoms with van der Waals surface area (Å²) in [4.78, 5) is 25.5. The van der Waals surface area contributed by atoms with Gasteiger partial charge in [-0.05, 0) is 35.9 Å². The molecule has 1 saturated heterocycles. The molecular weight excluding hydrogens is 322 g/mol. The van der Waals surface area contributed by atoms with Crippen LogP contribution in [0.2, 0.25) is 0 Å². The molecule has 6 heteroatoms. The molecule has 1 N–H and O–H groups in total. The third-order valence-electron chi connectivity index (χ3n) is 3.83. The van der Waals surface area contributed by atoms with Gasteiger partial charge in [-0.25, -0.2) is 4.79 Å². The normalized spacial score (nSPS) is 14.0. The second kappa shape index (κ2) is 7.09. The number of allylic oxidation sites excluding steroid dienone is 1. The summed E-state index contributed by atoms with van der Waals surface area (Å²) >= 11 is 0. The maximum atomic E-state index is 12.4. The first kappa shape index (κ1) is 16.6. The number of methoxy groups -OCH3 is 1. The molecule has 3 rings (SSSR count). The van der Waals surface area contributed by atoms with Crippen molar-refractivity contribution in [2.24, 2.45) is 0 Å². The number of nitrogens with zero attached hydrogens (tertiary/aromatic N) is 1. The van der Waals surface area contributed by atoms with E-state index in [0.717, 1.165) is 5.56 Å². The van der Waals surface area contributed by atoms with Gasteiger partial charge < -0.3 is 14.6 Å². The molecule has 0 spiro atoms. The van der Waals surface area contributed by atoms with Gasteiger partial charge in [-0.15, -0.1) is 0 Å². The summed E-state index contributed by atoms with van der Waals surface area (Å²) in [7, 11) is 1.46. The molecule has 0 radical (unpaired) electrons. The van der Waals surface area contributed by atoms with Crippen LogP contribution < -0.4 is 9.64 Å². The van der Waals surface area contributed by atoms with E-state index in [1.54, 1.807) is 42.5 Å². The topological polar surface area (TPSA) is 76.1 Å². The highest BCUT2D eigenvalue weighted by molar-refractivity contribution is 6.07. The minimum Gasteiger partial charge on any atom is -0.504 e. The van der Waals surface area contributed by atoms with Crippen molar-refractivity contribution in [1.82, 2.24) is 0 Å². The van der Waals surface area contributed by atoms with Crippen LogP contribution in [0.3, 0.4) is 0 Å². The fourth-order valence-corrected chi connectivity index (χ4v) is 2.52. The molecule has 1 aliphatic rings. The van der Waals surface area contributed by atoms with Crippen LogP contribution in [0.4, 0.5) is 10.5 Å². The van der Waals surface area contributed by atoms with Crippen molar-refractivity contribution in [3.8, 4) is 11.5 Å². The van der Waals surface area contributed by atoms with Gasteiger partial charge in [0.2, 0.25) is 0 Å². The number of anilines is 1. The lowest BCUT2D eigenvalue weighted by Gasteiger charge is -2.13. The number of carbonyl (C=O) groups is 2. The van der Waals surface area contributed by atoms with E-state index in [1.807, 2.05) is 0 Å². The third-order valence-corrected chi connectivity index (χ3v) is 3.83. The lowest BCUT2D eigenvalue weighted by molar-refractivity contribution is 0.104. The van der Waals surface area contributed by atoms with E-state index < -0.39 is 6.09 Å². The van der Waals surface area contributed by atoms with Gasteiger partial charge >= 0.3 is 6.09 Å². The van der Waals surface area contributed by atoms with Gasteiger partial charge in [-0.1, -0.05) is 24.3 Å². The van der Waals surface area contributed by atoms with Gasteiger partial charge in [0.1, 0.15) is 6.61 Å². The molecule has 0 unspecified atom stereocenters. The number of aromatic hydroxyl groups is 1. The monoisotopic (exact) mass is 339 g/mol. The Balaban J connectivity index is 1.78. The van der Waals surface area contributed by atoms with Crippen molar-refractivity contribution in [3.63, 3.8) is 0 Å². The molecule has 25 heavy (non-hydrogen) atoms. The molecule has 0 aromatic heterocycles. The number of ether oxygens (including phenoxy) is 2. The molecule has 128 valence electrons. The Bertz CT molecular complexity index is 843. The number of benzene rings is 2. The van der Waals surface area contributed by atoms with E-state index in [4.69, 9.17) is 9.47 Å². The molecule has 1 heterocycles. The Morgan fingerprint density at radius 2 is 2.12 bits per heavy atom. The molecule has 0 atom stereocenters. The molecule has 0 bridgehead atoms. The zero-order valence-corrected chi connectivity index (χ0v) is 13.6. The molecular formula is C19H17NO5. The van der Waals surface area contributed by atoms with Crippen LogP contribution >= 0.6 is 0 Å². The predicted molar refractivity (Wildman–Crippen MR) is 93.2 cm³/mol. The van der Waals surface area contributed by atoms with Crippen LogP contribution in [-0.2, 0) is 4.74 Å². The highest BCUT2D eigenvalue weighted by Gasteiger charge is 2.23. The molecule has 2 aromatic carbocycles. The highest BCUT2D eigenvalue weighted by atomic mass is 16.6. The molecule has 1 aliphatic heterocycles. The van der Waals surface area contributed by atoms with E-state index in [2.05, 4.69) is 0 Å². The number of rotatable bonds is 5. The number of amides is 1. The van der Waals surface area contributed by atoms with Crippen LogP contribution in [0.5, 0.6) is 11.5 Å². The standard InChI is InChI=1S/C19H17NO5/c1-24-18-11-13(6-8-17(18)22)5-7-16(21)14-3-2-4-15(12-14)20-9-10-25-19(20)23/h2-8,11-12,22H,9-10H2,1H3/b7-5+. The van der Waals surface area contributed by atoms with Gasteiger partial charge in [-0.2, -0.15) is 0 Å². The van der Waals surface area contributed by atoms with Crippen molar-refractivity contribution in [2.75, 3.05) is 25.2 Å². The number of phenolic OH excluding ortho intramolecular Hbond substituents is 1. The fourth-order valence-electron chi connectivity index (χ4n) is 2.52. The highest BCUT2D eigenvalue weighted by Crippen LogP contribution is 2.27. The Morgan fingerprint density at radius 1 is 1.28 bits per heavy atom. The van der Waals surface area contributed by atoms with E-state index in [-0.39, 0.29) is 11.5 Å². The van der Waals surface area contributed by atoms with Crippen molar-refractivity contribution < 1.29 is 24.2 Å². The zero-order chi connectivity index (χ0) is 17.8. The van der Waals surface area contributed by atoms with Crippen molar-refractivity contribution in [1.29, 1.82) is 0 Å². The summed E-state index contributed by atoms with van der Waals surface area (Å²) in [5, 5.41) is 9.59. The van der Waals surface area contributed by atoms with Gasteiger partial charge in [-0.3, -0.25) is 9.69 Å². The molecule has 1 amide bonds. The minimum atomic E-state index is -0.406. The fraction of sp³-hybridized carbons (Fsp3) is 0.158. The zero-order valence-electron chi connectivity index (χ0n) is 13.6. The molecule has 0 saturated carbocycles. The van der Waals surface area contributed by atoms with E-state index in [0.29, 0.717) is 30.2 Å². The summed E-state index contributed by atoms with van der Waals surface area (Å²) in [6.07, 6.45) is 2.67. The van der Waals surface area contributed by atoms with Gasteiger partial charge in [0.25, 0.3) is 0 Å². The first-order chi connectivity index (χ1) is 12.1. The quantitative estimate of drug-likeness (QED) is 0.668. The van der Waals surface area contributed by atoms with Crippen LogP contribution in [0.25, 0.3) is 6.08 Å². The number of phenols is 1. The minimum absolute atomic E-state index is 0.0381. The summed E-state index contributed by atoms with van der Waals surface area (Å²) in [6, 6.07) is 11.7. The lowest BCUT2D eigenvalue weighted by Crippen LogP contribution is -2.23. The second-order valence-electron chi connectivity index (χ2n) is 5.45. The van der Waals surface area contributed by atoms with Crippen molar-refractivity contribution in [3.05, 3.63) is 59.7 Å². The van der Waals surface area contributed by atoms with Crippen LogP contribution in [0.1, 0.15) is 15.9 Å². The molecule has 6 nitrogen and oxygen atoms in total. The first-order valence-electron chi connectivity index (χ1n) is 7.72. The Hall–Kier alpha value is -3.28. The number of hydrogen-bond donors (Lipinski definition) is 1. The van der Waals surface area contributed by atoms with Crippen LogP contribution in [0, 0.1) is 0 Å². The maximum absolute atomic E-state index is 12.4. The summed E-state index contributed by atoms with van der Waals surface area (Å²) in [5.74, 6) is 0.182. The van der Waals surface area contributed by atoms with Gasteiger partial charge in [0.15, 0.2) is 17.3 Å². The van der Waals surface area contributed by atoms with Crippen molar-refractivity contribution >= 4 is 23.6 Å². The Morgan fingerprint density at radius 3 is 2.84 bits per heavy atom. The number of ketones is 1. The average molecular weight is 339 g/mol.